The standard InChI is InChI=1S/C19H14N2O/c1-3-8-15(9-4-1)18-19(16-10-5-2-6-11-16)21(14-20-18)17-12-7-13-22-17/h1-14H. The molecule has 0 saturated heterocycles. The second-order valence-electron chi connectivity index (χ2n) is 5.00. The summed E-state index contributed by atoms with van der Waals surface area (Å²) in [7, 11) is 0. The Morgan fingerprint density at radius 1 is 0.727 bits per heavy atom. The highest BCUT2D eigenvalue weighted by molar-refractivity contribution is 5.79. The lowest BCUT2D eigenvalue weighted by Gasteiger charge is -2.08. The number of benzene rings is 2. The second kappa shape index (κ2) is 5.37. The van der Waals surface area contributed by atoms with Gasteiger partial charge in [-0.3, -0.25) is 4.57 Å². The minimum Gasteiger partial charge on any atom is -0.448 e. The predicted molar refractivity (Wildman–Crippen MR) is 86.7 cm³/mol. The van der Waals surface area contributed by atoms with Crippen LogP contribution in [0.1, 0.15) is 0 Å². The number of furan rings is 1. The quantitative estimate of drug-likeness (QED) is 0.541. The Balaban J connectivity index is 1.97. The normalized spacial score (nSPS) is 10.7. The number of aromatic nitrogens is 2. The summed E-state index contributed by atoms with van der Waals surface area (Å²) in [4.78, 5) is 4.62. The smallest absolute Gasteiger partial charge is 0.205 e. The molecule has 0 aliphatic carbocycles. The van der Waals surface area contributed by atoms with Gasteiger partial charge in [0.15, 0.2) is 0 Å². The molecule has 0 unspecified atom stereocenters. The Morgan fingerprint density at radius 2 is 1.41 bits per heavy atom. The summed E-state index contributed by atoms with van der Waals surface area (Å²) in [6.07, 6.45) is 3.48. The van der Waals surface area contributed by atoms with Gasteiger partial charge < -0.3 is 4.42 Å². The third kappa shape index (κ3) is 2.13. The summed E-state index contributed by atoms with van der Waals surface area (Å²) < 4.78 is 7.54. The highest BCUT2D eigenvalue weighted by Crippen LogP contribution is 2.33. The number of hydrogen-bond acceptors (Lipinski definition) is 2. The largest absolute Gasteiger partial charge is 0.448 e. The average molecular weight is 286 g/mol. The van der Waals surface area contributed by atoms with Crippen LogP contribution < -0.4 is 0 Å². The van der Waals surface area contributed by atoms with E-state index < -0.39 is 0 Å². The zero-order valence-corrected chi connectivity index (χ0v) is 11.9. The van der Waals surface area contributed by atoms with Crippen molar-refractivity contribution in [2.24, 2.45) is 0 Å². The van der Waals surface area contributed by atoms with Gasteiger partial charge >= 0.3 is 0 Å². The van der Waals surface area contributed by atoms with E-state index in [1.54, 1.807) is 6.26 Å². The highest BCUT2D eigenvalue weighted by Gasteiger charge is 2.16. The molecular formula is C19H14N2O. The lowest BCUT2D eigenvalue weighted by Crippen LogP contribution is -1.94. The van der Waals surface area contributed by atoms with Crippen LogP contribution in [-0.2, 0) is 0 Å². The molecule has 3 heteroatoms. The van der Waals surface area contributed by atoms with Crippen LogP contribution in [0.25, 0.3) is 28.4 Å². The summed E-state index contributed by atoms with van der Waals surface area (Å²) in [6, 6.07) is 24.3. The van der Waals surface area contributed by atoms with Crippen LogP contribution in [0.3, 0.4) is 0 Å². The predicted octanol–water partition coefficient (Wildman–Crippen LogP) is 4.80. The second-order valence-corrected chi connectivity index (χ2v) is 5.00. The molecular weight excluding hydrogens is 272 g/mol. The fourth-order valence-corrected chi connectivity index (χ4v) is 2.60. The maximum absolute atomic E-state index is 5.55. The first-order valence-electron chi connectivity index (χ1n) is 7.15. The van der Waals surface area contributed by atoms with Crippen molar-refractivity contribution < 1.29 is 4.42 Å². The van der Waals surface area contributed by atoms with E-state index in [9.17, 15) is 0 Å². The van der Waals surface area contributed by atoms with Crippen molar-refractivity contribution in [3.63, 3.8) is 0 Å². The van der Waals surface area contributed by atoms with E-state index in [2.05, 4.69) is 29.2 Å². The molecule has 106 valence electrons. The van der Waals surface area contributed by atoms with Gasteiger partial charge in [-0.15, -0.1) is 0 Å². The Morgan fingerprint density at radius 3 is 2.05 bits per heavy atom. The van der Waals surface area contributed by atoms with Crippen molar-refractivity contribution in [2.45, 2.75) is 0 Å². The van der Waals surface area contributed by atoms with E-state index in [0.29, 0.717) is 0 Å². The Kier molecular flexibility index (Phi) is 3.09. The van der Waals surface area contributed by atoms with Gasteiger partial charge in [-0.1, -0.05) is 60.7 Å². The van der Waals surface area contributed by atoms with Crippen molar-refractivity contribution in [3.05, 3.63) is 85.4 Å². The lowest BCUT2D eigenvalue weighted by molar-refractivity contribution is 0.540. The Hall–Kier alpha value is -3.07. The molecule has 0 bridgehead atoms. The molecule has 0 fully saturated rings. The molecule has 0 spiro atoms. The summed E-state index contributed by atoms with van der Waals surface area (Å²) in [5.74, 6) is 0.758. The number of imidazole rings is 1. The van der Waals surface area contributed by atoms with Gasteiger partial charge in [0.1, 0.15) is 6.33 Å². The van der Waals surface area contributed by atoms with Gasteiger partial charge in [0, 0.05) is 17.2 Å². The van der Waals surface area contributed by atoms with E-state index >= 15 is 0 Å². The minimum atomic E-state index is 0.758. The number of hydrogen-bond donors (Lipinski definition) is 0. The van der Waals surface area contributed by atoms with E-state index in [-0.39, 0.29) is 0 Å². The van der Waals surface area contributed by atoms with Gasteiger partial charge in [-0.2, -0.15) is 0 Å². The van der Waals surface area contributed by atoms with Gasteiger partial charge in [0.05, 0.1) is 17.7 Å². The maximum atomic E-state index is 5.55. The summed E-state index contributed by atoms with van der Waals surface area (Å²) in [5, 5.41) is 0. The van der Waals surface area contributed by atoms with Gasteiger partial charge in [0.25, 0.3) is 0 Å². The van der Waals surface area contributed by atoms with Crippen LogP contribution in [0.5, 0.6) is 0 Å². The first-order valence-corrected chi connectivity index (χ1v) is 7.15. The van der Waals surface area contributed by atoms with Crippen LogP contribution in [-0.4, -0.2) is 9.55 Å². The van der Waals surface area contributed by atoms with Crippen LogP contribution >= 0.6 is 0 Å². The molecule has 4 rings (SSSR count). The lowest BCUT2D eigenvalue weighted by atomic mass is 10.0. The Labute approximate surface area is 128 Å². The molecule has 0 radical (unpaired) electrons. The zero-order chi connectivity index (χ0) is 14.8. The molecule has 2 aromatic heterocycles. The third-order valence-electron chi connectivity index (χ3n) is 3.61. The minimum absolute atomic E-state index is 0.758. The summed E-state index contributed by atoms with van der Waals surface area (Å²) >= 11 is 0. The van der Waals surface area contributed by atoms with Crippen molar-refractivity contribution in [3.8, 4) is 28.4 Å². The fourth-order valence-electron chi connectivity index (χ4n) is 2.60. The van der Waals surface area contributed by atoms with Crippen LogP contribution in [0.15, 0.2) is 89.8 Å². The van der Waals surface area contributed by atoms with Crippen molar-refractivity contribution >= 4 is 0 Å². The summed E-state index contributed by atoms with van der Waals surface area (Å²) in [6.45, 7) is 0. The van der Waals surface area contributed by atoms with E-state index in [4.69, 9.17) is 4.42 Å². The van der Waals surface area contributed by atoms with Crippen molar-refractivity contribution in [1.82, 2.24) is 9.55 Å². The van der Waals surface area contributed by atoms with Gasteiger partial charge in [-0.25, -0.2) is 4.98 Å². The molecule has 22 heavy (non-hydrogen) atoms. The topological polar surface area (TPSA) is 31.0 Å². The Bertz CT molecular complexity index is 862. The van der Waals surface area contributed by atoms with Gasteiger partial charge in [0.2, 0.25) is 5.88 Å². The first kappa shape index (κ1) is 12.7. The van der Waals surface area contributed by atoms with Crippen LogP contribution in [0.4, 0.5) is 0 Å². The van der Waals surface area contributed by atoms with E-state index in [1.807, 2.05) is 59.4 Å². The zero-order valence-electron chi connectivity index (χ0n) is 11.9. The highest BCUT2D eigenvalue weighted by atomic mass is 16.3. The van der Waals surface area contributed by atoms with E-state index in [1.165, 1.54) is 0 Å². The molecule has 0 amide bonds. The number of nitrogens with zero attached hydrogens (tertiary/aromatic N) is 2. The molecule has 2 aromatic carbocycles. The SMILES string of the molecule is c1ccc(-c2ncn(-c3ccco3)c2-c2ccccc2)cc1. The van der Waals surface area contributed by atoms with E-state index in [0.717, 1.165) is 28.4 Å². The monoisotopic (exact) mass is 286 g/mol. The molecule has 4 aromatic rings. The first-order chi connectivity index (χ1) is 10.9. The molecule has 0 N–H and O–H groups in total. The fraction of sp³-hybridized carbons (Fsp3) is 0. The molecule has 0 aliphatic rings. The molecule has 3 nitrogen and oxygen atoms in total. The number of rotatable bonds is 3. The molecule has 0 saturated carbocycles. The van der Waals surface area contributed by atoms with Crippen molar-refractivity contribution in [1.29, 1.82) is 0 Å². The third-order valence-corrected chi connectivity index (χ3v) is 3.61. The molecule has 0 atom stereocenters. The maximum Gasteiger partial charge on any atom is 0.205 e. The molecule has 0 aliphatic heterocycles. The summed E-state index contributed by atoms with van der Waals surface area (Å²) in [5.41, 5.74) is 4.17. The van der Waals surface area contributed by atoms with Crippen molar-refractivity contribution in [2.75, 3.05) is 0 Å². The average Bonchev–Trinajstić information content (AvgIpc) is 3.25. The molecule has 2 heterocycles. The van der Waals surface area contributed by atoms with Crippen LogP contribution in [0.2, 0.25) is 0 Å². The van der Waals surface area contributed by atoms with Gasteiger partial charge in [-0.05, 0) is 6.07 Å². The van der Waals surface area contributed by atoms with Crippen LogP contribution in [0, 0.1) is 0 Å².